The van der Waals surface area contributed by atoms with Crippen molar-refractivity contribution in [1.29, 1.82) is 0 Å². The van der Waals surface area contributed by atoms with E-state index in [9.17, 15) is 9.59 Å². The molecule has 0 spiro atoms. The Kier molecular flexibility index (Phi) is 3.24. The number of amides is 2. The quantitative estimate of drug-likeness (QED) is 0.785. The van der Waals surface area contributed by atoms with Gasteiger partial charge in [0.15, 0.2) is 0 Å². The van der Waals surface area contributed by atoms with E-state index in [1.54, 1.807) is 4.90 Å². The molecule has 4 heteroatoms. The van der Waals surface area contributed by atoms with Crippen LogP contribution in [0.2, 0.25) is 0 Å². The van der Waals surface area contributed by atoms with Crippen LogP contribution in [0.4, 0.5) is 5.69 Å². The summed E-state index contributed by atoms with van der Waals surface area (Å²) in [6.45, 7) is 5.29. The minimum Gasteiger partial charge on any atom is -0.331 e. The van der Waals surface area contributed by atoms with Gasteiger partial charge in [-0.1, -0.05) is 17.7 Å². The predicted octanol–water partition coefficient (Wildman–Crippen LogP) is 2.03. The van der Waals surface area contributed by atoms with Crippen molar-refractivity contribution in [1.82, 2.24) is 4.90 Å². The van der Waals surface area contributed by atoms with Gasteiger partial charge >= 0.3 is 0 Å². The Morgan fingerprint density at radius 1 is 1.15 bits per heavy atom. The van der Waals surface area contributed by atoms with Crippen LogP contribution >= 0.6 is 0 Å². The van der Waals surface area contributed by atoms with E-state index in [4.69, 9.17) is 0 Å². The zero-order valence-corrected chi connectivity index (χ0v) is 12.1. The third-order valence-electron chi connectivity index (χ3n) is 4.32. The van der Waals surface area contributed by atoms with E-state index in [1.807, 2.05) is 30.9 Å². The molecule has 2 heterocycles. The molecule has 2 saturated heterocycles. The Morgan fingerprint density at radius 2 is 1.95 bits per heavy atom. The molecule has 2 aliphatic heterocycles. The maximum Gasteiger partial charge on any atom is 0.249 e. The van der Waals surface area contributed by atoms with Crippen LogP contribution in [0.15, 0.2) is 18.2 Å². The van der Waals surface area contributed by atoms with E-state index in [0.29, 0.717) is 13.0 Å². The largest absolute Gasteiger partial charge is 0.331 e. The van der Waals surface area contributed by atoms with E-state index >= 15 is 0 Å². The van der Waals surface area contributed by atoms with Gasteiger partial charge in [-0.3, -0.25) is 9.59 Å². The molecule has 2 aliphatic rings. The second-order valence-electron chi connectivity index (χ2n) is 5.77. The topological polar surface area (TPSA) is 40.6 Å². The van der Waals surface area contributed by atoms with Gasteiger partial charge in [-0.2, -0.15) is 0 Å². The average molecular weight is 272 g/mol. The van der Waals surface area contributed by atoms with Crippen LogP contribution in [0.3, 0.4) is 0 Å². The highest BCUT2D eigenvalue weighted by atomic mass is 16.2. The molecule has 2 fully saturated rings. The van der Waals surface area contributed by atoms with Crippen molar-refractivity contribution in [2.75, 3.05) is 18.0 Å². The number of aryl methyl sites for hydroxylation is 2. The number of benzene rings is 1. The summed E-state index contributed by atoms with van der Waals surface area (Å²) in [6.07, 6.45) is 2.16. The number of anilines is 1. The number of rotatable bonds is 1. The molecule has 4 nitrogen and oxygen atoms in total. The van der Waals surface area contributed by atoms with Gasteiger partial charge in [0.05, 0.1) is 0 Å². The van der Waals surface area contributed by atoms with Crippen molar-refractivity contribution in [3.63, 3.8) is 0 Å². The molecule has 106 valence electrons. The van der Waals surface area contributed by atoms with Crippen LogP contribution in [0.1, 0.15) is 30.4 Å². The number of hydrogen-bond donors (Lipinski definition) is 0. The summed E-state index contributed by atoms with van der Waals surface area (Å²) in [6, 6.07) is 5.86. The maximum atomic E-state index is 12.7. The Labute approximate surface area is 119 Å². The number of carbonyl (C=O) groups excluding carboxylic acids is 2. The third-order valence-corrected chi connectivity index (χ3v) is 4.32. The lowest BCUT2D eigenvalue weighted by Gasteiger charge is -2.26. The van der Waals surface area contributed by atoms with Crippen molar-refractivity contribution in [2.45, 2.75) is 39.2 Å². The summed E-state index contributed by atoms with van der Waals surface area (Å²) >= 11 is 0. The lowest BCUT2D eigenvalue weighted by molar-refractivity contribution is -0.135. The summed E-state index contributed by atoms with van der Waals surface area (Å²) in [7, 11) is 0. The fraction of sp³-hybridized carbons (Fsp3) is 0.500. The third kappa shape index (κ3) is 2.09. The number of nitrogens with zero attached hydrogens (tertiary/aromatic N) is 2. The van der Waals surface area contributed by atoms with Crippen molar-refractivity contribution in [3.8, 4) is 0 Å². The molecule has 0 radical (unpaired) electrons. The first-order valence-corrected chi connectivity index (χ1v) is 7.26. The lowest BCUT2D eigenvalue weighted by atomic mass is 10.1. The Bertz CT molecular complexity index is 568. The fourth-order valence-corrected chi connectivity index (χ4v) is 3.31. The normalized spacial score (nSPS) is 23.0. The Balaban J connectivity index is 1.96. The maximum absolute atomic E-state index is 12.7. The zero-order chi connectivity index (χ0) is 14.3. The standard InChI is InChI=1S/C16H20N2O2/c1-11-5-6-13(12(2)10-11)18-9-7-15(19)17-8-3-4-14(17)16(18)20/h5-6,10,14H,3-4,7-9H2,1-2H3. The van der Waals surface area contributed by atoms with Crippen LogP contribution in [-0.4, -0.2) is 35.8 Å². The second-order valence-corrected chi connectivity index (χ2v) is 5.77. The SMILES string of the molecule is Cc1ccc(N2CCC(=O)N3CCCC3C2=O)c(C)c1. The molecule has 0 aromatic heterocycles. The molecule has 2 amide bonds. The predicted molar refractivity (Wildman–Crippen MR) is 77.6 cm³/mol. The minimum atomic E-state index is -0.245. The molecule has 1 aromatic rings. The van der Waals surface area contributed by atoms with E-state index in [1.165, 1.54) is 5.56 Å². The molecular weight excluding hydrogens is 252 g/mol. The summed E-state index contributed by atoms with van der Waals surface area (Å²) < 4.78 is 0. The summed E-state index contributed by atoms with van der Waals surface area (Å²) in [5.74, 6) is 0.202. The molecular formula is C16H20N2O2. The van der Waals surface area contributed by atoms with Crippen LogP contribution < -0.4 is 4.90 Å². The molecule has 0 bridgehead atoms. The summed E-state index contributed by atoms with van der Waals surface area (Å²) in [5, 5.41) is 0. The molecule has 20 heavy (non-hydrogen) atoms. The van der Waals surface area contributed by atoms with Gasteiger partial charge in [-0.25, -0.2) is 0 Å². The van der Waals surface area contributed by atoms with Crippen LogP contribution in [0.5, 0.6) is 0 Å². The molecule has 1 aromatic carbocycles. The smallest absolute Gasteiger partial charge is 0.249 e. The molecule has 3 rings (SSSR count). The lowest BCUT2D eigenvalue weighted by Crippen LogP contribution is -2.43. The van der Waals surface area contributed by atoms with Crippen LogP contribution in [0, 0.1) is 13.8 Å². The monoisotopic (exact) mass is 272 g/mol. The van der Waals surface area contributed by atoms with E-state index in [-0.39, 0.29) is 17.9 Å². The molecule has 0 aliphatic carbocycles. The molecule has 1 atom stereocenters. The van der Waals surface area contributed by atoms with Crippen molar-refractivity contribution >= 4 is 17.5 Å². The van der Waals surface area contributed by atoms with Gasteiger partial charge < -0.3 is 9.80 Å². The highest BCUT2D eigenvalue weighted by molar-refractivity contribution is 6.02. The molecule has 0 N–H and O–H groups in total. The Hall–Kier alpha value is -1.84. The highest BCUT2D eigenvalue weighted by Crippen LogP contribution is 2.29. The van der Waals surface area contributed by atoms with Gasteiger partial charge in [0.2, 0.25) is 11.8 Å². The molecule has 1 unspecified atom stereocenters. The first-order valence-electron chi connectivity index (χ1n) is 7.26. The first kappa shape index (κ1) is 13.2. The highest BCUT2D eigenvalue weighted by Gasteiger charge is 2.39. The zero-order valence-electron chi connectivity index (χ0n) is 12.1. The minimum absolute atomic E-state index is 0.0836. The summed E-state index contributed by atoms with van der Waals surface area (Å²) in [4.78, 5) is 28.4. The van der Waals surface area contributed by atoms with Gasteiger partial charge in [0, 0.05) is 25.2 Å². The van der Waals surface area contributed by atoms with E-state index < -0.39 is 0 Å². The summed E-state index contributed by atoms with van der Waals surface area (Å²) in [5.41, 5.74) is 3.23. The van der Waals surface area contributed by atoms with Crippen LogP contribution in [0.25, 0.3) is 0 Å². The van der Waals surface area contributed by atoms with Crippen molar-refractivity contribution in [3.05, 3.63) is 29.3 Å². The average Bonchev–Trinajstić information content (AvgIpc) is 2.85. The Morgan fingerprint density at radius 3 is 2.70 bits per heavy atom. The first-order chi connectivity index (χ1) is 9.58. The molecule has 0 saturated carbocycles. The fourth-order valence-electron chi connectivity index (χ4n) is 3.31. The second kappa shape index (κ2) is 4.93. The number of hydrogen-bond acceptors (Lipinski definition) is 2. The van der Waals surface area contributed by atoms with Crippen molar-refractivity contribution < 1.29 is 9.59 Å². The van der Waals surface area contributed by atoms with Crippen molar-refractivity contribution in [2.24, 2.45) is 0 Å². The van der Waals surface area contributed by atoms with Crippen LogP contribution in [-0.2, 0) is 9.59 Å². The van der Waals surface area contributed by atoms with Gasteiger partial charge in [0.25, 0.3) is 0 Å². The van der Waals surface area contributed by atoms with E-state index in [0.717, 1.165) is 30.6 Å². The number of fused-ring (bicyclic) bond motifs is 1. The van der Waals surface area contributed by atoms with Gasteiger partial charge in [0.1, 0.15) is 6.04 Å². The van der Waals surface area contributed by atoms with Gasteiger partial charge in [-0.05, 0) is 38.3 Å². The van der Waals surface area contributed by atoms with E-state index in [2.05, 4.69) is 6.07 Å². The number of carbonyl (C=O) groups is 2. The van der Waals surface area contributed by atoms with Gasteiger partial charge in [-0.15, -0.1) is 0 Å².